The van der Waals surface area contributed by atoms with Gasteiger partial charge in [0.15, 0.2) is 0 Å². The number of likely N-dealkylation sites (tertiary alicyclic amines) is 1. The van der Waals surface area contributed by atoms with E-state index < -0.39 is 0 Å². The Morgan fingerprint density at radius 2 is 1.95 bits per heavy atom. The van der Waals surface area contributed by atoms with Crippen molar-refractivity contribution in [1.29, 1.82) is 0 Å². The third-order valence-electron chi connectivity index (χ3n) is 3.81. The van der Waals surface area contributed by atoms with Crippen molar-refractivity contribution in [3.63, 3.8) is 0 Å². The first kappa shape index (κ1) is 15.0. The summed E-state index contributed by atoms with van der Waals surface area (Å²) in [5, 5.41) is 12.4. The normalized spacial score (nSPS) is 17.1. The molecule has 1 aromatic rings. The molecule has 1 aromatic carbocycles. The molecule has 4 heteroatoms. The van der Waals surface area contributed by atoms with Crippen molar-refractivity contribution < 1.29 is 9.90 Å². The van der Waals surface area contributed by atoms with E-state index in [1.165, 1.54) is 0 Å². The minimum atomic E-state index is -0.118. The van der Waals surface area contributed by atoms with Crippen LogP contribution in [0.1, 0.15) is 35.2 Å². The Morgan fingerprint density at radius 1 is 1.30 bits per heavy atom. The first-order valence-electron chi connectivity index (χ1n) is 7.40. The molecule has 0 atom stereocenters. The summed E-state index contributed by atoms with van der Waals surface area (Å²) in [6.45, 7) is 5.63. The van der Waals surface area contributed by atoms with E-state index in [1.54, 1.807) is 0 Å². The molecule has 2 rings (SSSR count). The standard InChI is InChI=1S/C16H24N2O2/c1-13-3-5-14(6-4-13)16(20)17-9-2-10-18-11-7-15(19)8-12-18/h3-6,15,19H,2,7-12H2,1H3,(H,17,20). The molecule has 0 unspecified atom stereocenters. The van der Waals surface area contributed by atoms with Crippen LogP contribution >= 0.6 is 0 Å². The second kappa shape index (κ2) is 7.41. The molecule has 1 fully saturated rings. The highest BCUT2D eigenvalue weighted by atomic mass is 16.3. The number of piperidine rings is 1. The number of carbonyl (C=O) groups is 1. The van der Waals surface area contributed by atoms with Gasteiger partial charge in [-0.3, -0.25) is 4.79 Å². The Kier molecular flexibility index (Phi) is 5.56. The number of benzene rings is 1. The van der Waals surface area contributed by atoms with E-state index >= 15 is 0 Å². The predicted molar refractivity (Wildman–Crippen MR) is 79.8 cm³/mol. The lowest BCUT2D eigenvalue weighted by atomic mass is 10.1. The summed E-state index contributed by atoms with van der Waals surface area (Å²) >= 11 is 0. The second-order valence-corrected chi connectivity index (χ2v) is 5.55. The molecule has 2 N–H and O–H groups in total. The highest BCUT2D eigenvalue weighted by molar-refractivity contribution is 5.94. The zero-order chi connectivity index (χ0) is 14.4. The van der Waals surface area contributed by atoms with Gasteiger partial charge >= 0.3 is 0 Å². The molecule has 4 nitrogen and oxygen atoms in total. The van der Waals surface area contributed by atoms with Crippen LogP contribution in [0.4, 0.5) is 0 Å². The van der Waals surface area contributed by atoms with Gasteiger partial charge in [-0.2, -0.15) is 0 Å². The molecule has 20 heavy (non-hydrogen) atoms. The molecule has 0 aliphatic carbocycles. The Balaban J connectivity index is 1.63. The summed E-state index contributed by atoms with van der Waals surface area (Å²) in [6, 6.07) is 7.62. The number of nitrogens with zero attached hydrogens (tertiary/aromatic N) is 1. The number of rotatable bonds is 5. The van der Waals surface area contributed by atoms with Gasteiger partial charge in [-0.05, 0) is 44.9 Å². The number of hydrogen-bond acceptors (Lipinski definition) is 3. The third-order valence-corrected chi connectivity index (χ3v) is 3.81. The van der Waals surface area contributed by atoms with Crippen LogP contribution in [0.15, 0.2) is 24.3 Å². The largest absolute Gasteiger partial charge is 0.393 e. The zero-order valence-corrected chi connectivity index (χ0v) is 12.1. The molecule has 1 amide bonds. The molecule has 110 valence electrons. The minimum Gasteiger partial charge on any atom is -0.393 e. The van der Waals surface area contributed by atoms with Crippen molar-refractivity contribution in [2.45, 2.75) is 32.3 Å². The quantitative estimate of drug-likeness (QED) is 0.803. The summed E-state index contributed by atoms with van der Waals surface area (Å²) in [5.41, 5.74) is 1.88. The molecule has 0 aromatic heterocycles. The number of aliphatic hydroxyl groups excluding tert-OH is 1. The number of nitrogens with one attached hydrogen (secondary N) is 1. The summed E-state index contributed by atoms with van der Waals surface area (Å²) in [6.07, 6.45) is 2.58. The maximum Gasteiger partial charge on any atom is 0.251 e. The van der Waals surface area contributed by atoms with Gasteiger partial charge in [-0.25, -0.2) is 0 Å². The molecule has 1 saturated heterocycles. The van der Waals surface area contributed by atoms with E-state index in [9.17, 15) is 9.90 Å². The van der Waals surface area contributed by atoms with Crippen molar-refractivity contribution in [1.82, 2.24) is 10.2 Å². The van der Waals surface area contributed by atoms with Crippen LogP contribution in [0.5, 0.6) is 0 Å². The second-order valence-electron chi connectivity index (χ2n) is 5.55. The fourth-order valence-corrected chi connectivity index (χ4v) is 2.45. The van der Waals surface area contributed by atoms with Gasteiger partial charge in [0.25, 0.3) is 5.91 Å². The Hall–Kier alpha value is -1.39. The first-order valence-corrected chi connectivity index (χ1v) is 7.40. The van der Waals surface area contributed by atoms with Gasteiger partial charge in [0.1, 0.15) is 0 Å². The van der Waals surface area contributed by atoms with E-state index in [0.29, 0.717) is 6.54 Å². The monoisotopic (exact) mass is 276 g/mol. The maximum absolute atomic E-state index is 11.9. The molecule has 1 aliphatic rings. The van der Waals surface area contributed by atoms with E-state index in [0.717, 1.165) is 50.0 Å². The van der Waals surface area contributed by atoms with Crippen molar-refractivity contribution in [3.05, 3.63) is 35.4 Å². The average Bonchev–Trinajstić information content (AvgIpc) is 2.46. The highest BCUT2D eigenvalue weighted by Gasteiger charge is 2.16. The Labute approximate surface area is 120 Å². The van der Waals surface area contributed by atoms with Crippen LogP contribution in [0.2, 0.25) is 0 Å². The number of aliphatic hydroxyl groups is 1. The maximum atomic E-state index is 11.9. The fraction of sp³-hybridized carbons (Fsp3) is 0.562. The van der Waals surface area contributed by atoms with Crippen LogP contribution in [0.25, 0.3) is 0 Å². The fourth-order valence-electron chi connectivity index (χ4n) is 2.45. The lowest BCUT2D eigenvalue weighted by molar-refractivity contribution is 0.0816. The summed E-state index contributed by atoms with van der Waals surface area (Å²) < 4.78 is 0. The van der Waals surface area contributed by atoms with Crippen molar-refractivity contribution >= 4 is 5.91 Å². The van der Waals surface area contributed by atoms with Crippen LogP contribution in [-0.4, -0.2) is 48.2 Å². The molecule has 0 spiro atoms. The van der Waals surface area contributed by atoms with Gasteiger partial charge in [0.05, 0.1) is 6.10 Å². The number of amides is 1. The highest BCUT2D eigenvalue weighted by Crippen LogP contribution is 2.09. The van der Waals surface area contributed by atoms with E-state index in [1.807, 2.05) is 31.2 Å². The van der Waals surface area contributed by atoms with Crippen LogP contribution in [0.3, 0.4) is 0 Å². The summed E-state index contributed by atoms with van der Waals surface area (Å²) in [7, 11) is 0. The summed E-state index contributed by atoms with van der Waals surface area (Å²) in [4.78, 5) is 14.2. The lowest BCUT2D eigenvalue weighted by Gasteiger charge is -2.29. The minimum absolute atomic E-state index is 0.000864. The average molecular weight is 276 g/mol. The molecule has 0 radical (unpaired) electrons. The number of hydrogen-bond donors (Lipinski definition) is 2. The Bertz CT molecular complexity index is 423. The molecular weight excluding hydrogens is 252 g/mol. The van der Waals surface area contributed by atoms with Gasteiger partial charge in [0, 0.05) is 25.2 Å². The zero-order valence-electron chi connectivity index (χ0n) is 12.1. The van der Waals surface area contributed by atoms with Gasteiger partial charge in [0.2, 0.25) is 0 Å². The SMILES string of the molecule is Cc1ccc(C(=O)NCCCN2CCC(O)CC2)cc1. The molecule has 0 saturated carbocycles. The van der Waals surface area contributed by atoms with Gasteiger partial charge in [-0.1, -0.05) is 17.7 Å². The summed E-state index contributed by atoms with van der Waals surface area (Å²) in [5.74, 6) is -0.000864. The third kappa shape index (κ3) is 4.62. The smallest absolute Gasteiger partial charge is 0.251 e. The molecule has 1 aliphatic heterocycles. The van der Waals surface area contributed by atoms with Gasteiger partial charge in [-0.15, -0.1) is 0 Å². The first-order chi connectivity index (χ1) is 9.65. The number of carbonyl (C=O) groups excluding carboxylic acids is 1. The molecule has 0 bridgehead atoms. The Morgan fingerprint density at radius 3 is 2.60 bits per heavy atom. The topological polar surface area (TPSA) is 52.6 Å². The number of aryl methyl sites for hydroxylation is 1. The van der Waals surface area contributed by atoms with Crippen LogP contribution in [0, 0.1) is 6.92 Å². The van der Waals surface area contributed by atoms with Crippen molar-refractivity contribution in [2.75, 3.05) is 26.2 Å². The molecule has 1 heterocycles. The van der Waals surface area contributed by atoms with E-state index in [4.69, 9.17) is 0 Å². The van der Waals surface area contributed by atoms with E-state index in [-0.39, 0.29) is 12.0 Å². The van der Waals surface area contributed by atoms with Crippen molar-refractivity contribution in [3.8, 4) is 0 Å². The predicted octanol–water partition coefficient (Wildman–Crippen LogP) is 1.57. The lowest BCUT2D eigenvalue weighted by Crippen LogP contribution is -2.37. The van der Waals surface area contributed by atoms with E-state index in [2.05, 4.69) is 10.2 Å². The van der Waals surface area contributed by atoms with Crippen LogP contribution < -0.4 is 5.32 Å². The van der Waals surface area contributed by atoms with Gasteiger partial charge < -0.3 is 15.3 Å². The van der Waals surface area contributed by atoms with Crippen molar-refractivity contribution in [2.24, 2.45) is 0 Å². The van der Waals surface area contributed by atoms with Crippen LogP contribution in [-0.2, 0) is 0 Å². The molecular formula is C16H24N2O2.